The van der Waals surface area contributed by atoms with Gasteiger partial charge in [-0.15, -0.1) is 0 Å². The van der Waals surface area contributed by atoms with Crippen LogP contribution in [0.5, 0.6) is 0 Å². The van der Waals surface area contributed by atoms with Crippen LogP contribution >= 0.6 is 11.8 Å². The number of aliphatic imine (C=N–C) groups is 1. The van der Waals surface area contributed by atoms with Gasteiger partial charge in [0.25, 0.3) is 0 Å². The summed E-state index contributed by atoms with van der Waals surface area (Å²) in [5.74, 6) is 1.09. The molecule has 0 bridgehead atoms. The van der Waals surface area contributed by atoms with E-state index in [-0.39, 0.29) is 5.41 Å². The van der Waals surface area contributed by atoms with Crippen molar-refractivity contribution in [3.8, 4) is 0 Å². The van der Waals surface area contributed by atoms with E-state index in [0.717, 1.165) is 17.3 Å². The molecule has 0 aliphatic carbocycles. The van der Waals surface area contributed by atoms with Crippen LogP contribution in [-0.2, 0) is 0 Å². The predicted octanol–water partition coefficient (Wildman–Crippen LogP) is 1.15. The van der Waals surface area contributed by atoms with E-state index in [1.54, 1.807) is 11.8 Å². The minimum absolute atomic E-state index is 0.243. The molecular weight excluding hydrogens is 236 g/mol. The second kappa shape index (κ2) is 6.14. The van der Waals surface area contributed by atoms with Crippen molar-refractivity contribution in [1.29, 1.82) is 0 Å². The molecule has 0 aromatic heterocycles. The van der Waals surface area contributed by atoms with E-state index in [1.807, 2.05) is 0 Å². The van der Waals surface area contributed by atoms with Gasteiger partial charge in [0.1, 0.15) is 0 Å². The van der Waals surface area contributed by atoms with E-state index in [0.29, 0.717) is 19.1 Å². The maximum Gasteiger partial charge on any atom is 0.312 e. The number of amidine groups is 1. The number of hydrogen-bond donors (Lipinski definition) is 3. The van der Waals surface area contributed by atoms with Crippen molar-refractivity contribution in [1.82, 2.24) is 10.6 Å². The first kappa shape index (κ1) is 14.2. The number of hydrogen-bond acceptors (Lipinski definition) is 3. The molecule has 2 amide bonds. The van der Waals surface area contributed by atoms with Gasteiger partial charge in [-0.3, -0.25) is 4.99 Å². The Morgan fingerprint density at radius 2 is 2.35 bits per heavy atom. The zero-order valence-electron chi connectivity index (χ0n) is 10.7. The first-order chi connectivity index (χ1) is 7.89. The lowest BCUT2D eigenvalue weighted by Gasteiger charge is -2.35. The molecule has 17 heavy (non-hydrogen) atoms. The predicted molar refractivity (Wildman–Crippen MR) is 73.3 cm³/mol. The zero-order chi connectivity index (χ0) is 12.9. The summed E-state index contributed by atoms with van der Waals surface area (Å²) in [5.41, 5.74) is 5.21. The summed E-state index contributed by atoms with van der Waals surface area (Å²) in [5, 5.41) is 6.95. The molecule has 1 fully saturated rings. The highest BCUT2D eigenvalue weighted by atomic mass is 32.2. The number of rotatable bonds is 3. The summed E-state index contributed by atoms with van der Waals surface area (Å²) in [7, 11) is 0. The number of carbonyl (C=O) groups is 1. The van der Waals surface area contributed by atoms with Crippen LogP contribution in [0.3, 0.4) is 0 Å². The molecule has 0 aromatic rings. The fraction of sp³-hybridized carbons (Fsp3) is 0.818. The molecule has 1 atom stereocenters. The summed E-state index contributed by atoms with van der Waals surface area (Å²) in [6.45, 7) is 7.74. The molecule has 1 saturated heterocycles. The highest BCUT2D eigenvalue weighted by Crippen LogP contribution is 2.27. The monoisotopic (exact) mass is 258 g/mol. The first-order valence-corrected chi connectivity index (χ1v) is 6.85. The second-order valence-corrected chi connectivity index (χ2v) is 6.26. The average Bonchev–Trinajstić information content (AvgIpc) is 2.23. The average molecular weight is 258 g/mol. The Morgan fingerprint density at radius 1 is 1.65 bits per heavy atom. The van der Waals surface area contributed by atoms with Crippen molar-refractivity contribution >= 4 is 23.0 Å². The highest BCUT2D eigenvalue weighted by molar-refractivity contribution is 8.13. The van der Waals surface area contributed by atoms with E-state index in [2.05, 4.69) is 36.4 Å². The number of primary amides is 1. The van der Waals surface area contributed by atoms with Gasteiger partial charge in [-0.25, -0.2) is 4.79 Å². The third kappa shape index (κ3) is 5.30. The Hall–Kier alpha value is -0.910. The highest BCUT2D eigenvalue weighted by Gasteiger charge is 2.28. The third-order valence-corrected chi connectivity index (χ3v) is 3.62. The molecule has 1 rings (SSSR count). The zero-order valence-corrected chi connectivity index (χ0v) is 11.6. The lowest BCUT2D eigenvalue weighted by atomic mass is 9.85. The van der Waals surface area contributed by atoms with Gasteiger partial charge in [-0.1, -0.05) is 32.5 Å². The summed E-state index contributed by atoms with van der Waals surface area (Å²) >= 11 is 1.74. The molecule has 0 radical (unpaired) electrons. The van der Waals surface area contributed by atoms with E-state index in [4.69, 9.17) is 5.73 Å². The molecule has 0 saturated carbocycles. The SMILES string of the molecule is CC(C)(C)C1CCSC(=NCCNC(N)=O)N1. The van der Waals surface area contributed by atoms with Crippen molar-refractivity contribution in [2.24, 2.45) is 16.1 Å². The maximum atomic E-state index is 10.5. The van der Waals surface area contributed by atoms with Crippen LogP contribution in [0.15, 0.2) is 4.99 Å². The Labute approximate surface area is 107 Å². The number of nitrogens with one attached hydrogen (secondary N) is 2. The third-order valence-electron chi connectivity index (χ3n) is 2.65. The van der Waals surface area contributed by atoms with Crippen molar-refractivity contribution in [3.63, 3.8) is 0 Å². The van der Waals surface area contributed by atoms with E-state index >= 15 is 0 Å². The maximum absolute atomic E-state index is 10.5. The van der Waals surface area contributed by atoms with Gasteiger partial charge in [0, 0.05) is 18.3 Å². The quantitative estimate of drug-likeness (QED) is 0.664. The number of nitrogens with two attached hydrogens (primary N) is 1. The Kier molecular flexibility index (Phi) is 5.11. The normalized spacial score (nSPS) is 23.2. The molecule has 0 spiro atoms. The number of carbonyl (C=O) groups excluding carboxylic acids is 1. The largest absolute Gasteiger partial charge is 0.362 e. The number of thioether (sulfide) groups is 1. The molecule has 1 unspecified atom stereocenters. The summed E-state index contributed by atoms with van der Waals surface area (Å²) in [4.78, 5) is 14.9. The van der Waals surface area contributed by atoms with E-state index in [1.165, 1.54) is 0 Å². The standard InChI is InChI=1S/C11H22N4OS/c1-11(2,3)8-4-7-17-10(15-8)14-6-5-13-9(12)16/h8H,4-7H2,1-3H3,(H,14,15)(H3,12,13,16). The summed E-state index contributed by atoms with van der Waals surface area (Å²) < 4.78 is 0. The van der Waals surface area contributed by atoms with Crippen molar-refractivity contribution in [2.45, 2.75) is 33.2 Å². The van der Waals surface area contributed by atoms with Crippen LogP contribution in [-0.4, -0.2) is 36.1 Å². The van der Waals surface area contributed by atoms with Crippen LogP contribution in [0.2, 0.25) is 0 Å². The van der Waals surface area contributed by atoms with Crippen LogP contribution in [0.4, 0.5) is 4.79 Å². The van der Waals surface area contributed by atoms with Crippen molar-refractivity contribution in [2.75, 3.05) is 18.8 Å². The van der Waals surface area contributed by atoms with Gasteiger partial charge in [-0.2, -0.15) is 0 Å². The smallest absolute Gasteiger partial charge is 0.312 e. The topological polar surface area (TPSA) is 79.5 Å². The van der Waals surface area contributed by atoms with Crippen LogP contribution in [0.25, 0.3) is 0 Å². The Morgan fingerprint density at radius 3 is 2.94 bits per heavy atom. The van der Waals surface area contributed by atoms with Crippen molar-refractivity contribution in [3.05, 3.63) is 0 Å². The first-order valence-electron chi connectivity index (χ1n) is 5.86. The van der Waals surface area contributed by atoms with Gasteiger partial charge < -0.3 is 16.4 Å². The van der Waals surface area contributed by atoms with Gasteiger partial charge in [0.05, 0.1) is 6.54 Å². The molecule has 6 heteroatoms. The molecule has 1 aliphatic heterocycles. The molecule has 0 aromatic carbocycles. The Bertz CT molecular complexity index is 298. The Balaban J connectivity index is 2.38. The van der Waals surface area contributed by atoms with Crippen LogP contribution in [0, 0.1) is 5.41 Å². The molecule has 4 N–H and O–H groups in total. The molecule has 98 valence electrons. The number of urea groups is 1. The number of nitrogens with zero attached hydrogens (tertiary/aromatic N) is 1. The fourth-order valence-electron chi connectivity index (χ4n) is 1.61. The lowest BCUT2D eigenvalue weighted by molar-refractivity contribution is 0.249. The minimum atomic E-state index is -0.498. The van der Waals surface area contributed by atoms with Crippen LogP contribution < -0.4 is 16.4 Å². The van der Waals surface area contributed by atoms with Gasteiger partial charge in [0.15, 0.2) is 5.17 Å². The lowest BCUT2D eigenvalue weighted by Crippen LogP contribution is -2.46. The molecular formula is C11H22N4OS. The van der Waals surface area contributed by atoms with E-state index in [9.17, 15) is 4.79 Å². The summed E-state index contributed by atoms with van der Waals surface area (Å²) in [6.07, 6.45) is 1.16. The molecule has 1 heterocycles. The number of amides is 2. The van der Waals surface area contributed by atoms with E-state index < -0.39 is 6.03 Å². The van der Waals surface area contributed by atoms with Gasteiger partial charge in [0.2, 0.25) is 0 Å². The molecule has 5 nitrogen and oxygen atoms in total. The van der Waals surface area contributed by atoms with Gasteiger partial charge >= 0.3 is 6.03 Å². The summed E-state index contributed by atoms with van der Waals surface area (Å²) in [6, 6.07) is -0.0337. The fourth-order valence-corrected chi connectivity index (χ4v) is 2.57. The van der Waals surface area contributed by atoms with Gasteiger partial charge in [-0.05, 0) is 11.8 Å². The van der Waals surface area contributed by atoms with Crippen molar-refractivity contribution < 1.29 is 4.79 Å². The second-order valence-electron chi connectivity index (χ2n) is 5.18. The van der Waals surface area contributed by atoms with Crippen LogP contribution in [0.1, 0.15) is 27.2 Å². The molecule has 1 aliphatic rings. The minimum Gasteiger partial charge on any atom is -0.362 e.